The minimum Gasteiger partial charge on any atom is -0.461 e. The minimum atomic E-state index is -0.0826. The van der Waals surface area contributed by atoms with Crippen molar-refractivity contribution in [3.8, 4) is 17.3 Å². The Balaban J connectivity index is 1.56. The summed E-state index contributed by atoms with van der Waals surface area (Å²) in [6.07, 6.45) is 1.59. The van der Waals surface area contributed by atoms with Crippen LogP contribution in [0.5, 0.6) is 0 Å². The van der Waals surface area contributed by atoms with Crippen LogP contribution in [0, 0.1) is 6.92 Å². The van der Waals surface area contributed by atoms with Crippen molar-refractivity contribution in [2.45, 2.75) is 18.6 Å². The second kappa shape index (κ2) is 9.19. The SMILES string of the molecule is Cc1ccc(Cl)cc1-n1c(SCC(=O)NCc2ccccc2)nnc1-c1ccco1. The highest BCUT2D eigenvalue weighted by Gasteiger charge is 2.20. The fraction of sp³-hybridized carbons (Fsp3) is 0.136. The number of thioether (sulfide) groups is 1. The predicted molar refractivity (Wildman–Crippen MR) is 118 cm³/mol. The van der Waals surface area contributed by atoms with Gasteiger partial charge < -0.3 is 9.73 Å². The maximum atomic E-state index is 12.4. The molecule has 8 heteroatoms. The summed E-state index contributed by atoms with van der Waals surface area (Å²) in [7, 11) is 0. The van der Waals surface area contributed by atoms with Gasteiger partial charge in [0, 0.05) is 11.6 Å². The molecule has 0 bridgehead atoms. The highest BCUT2D eigenvalue weighted by atomic mass is 35.5. The van der Waals surface area contributed by atoms with Gasteiger partial charge in [0.1, 0.15) is 0 Å². The second-order valence-corrected chi connectivity index (χ2v) is 7.98. The molecule has 0 saturated carbocycles. The zero-order chi connectivity index (χ0) is 20.9. The fourth-order valence-corrected chi connectivity index (χ4v) is 3.89. The Morgan fingerprint density at radius 1 is 1.13 bits per heavy atom. The van der Waals surface area contributed by atoms with E-state index < -0.39 is 0 Å². The molecular formula is C22H19ClN4O2S. The zero-order valence-electron chi connectivity index (χ0n) is 16.2. The summed E-state index contributed by atoms with van der Waals surface area (Å²) in [5, 5.41) is 12.7. The first-order valence-corrected chi connectivity index (χ1v) is 10.7. The van der Waals surface area contributed by atoms with Crippen molar-refractivity contribution in [3.63, 3.8) is 0 Å². The topological polar surface area (TPSA) is 73.0 Å². The van der Waals surface area contributed by atoms with Crippen LogP contribution >= 0.6 is 23.4 Å². The van der Waals surface area contributed by atoms with E-state index >= 15 is 0 Å². The number of nitrogens with one attached hydrogen (secondary N) is 1. The molecule has 0 aliphatic rings. The number of carbonyl (C=O) groups excluding carboxylic acids is 1. The van der Waals surface area contributed by atoms with E-state index in [1.54, 1.807) is 12.3 Å². The Labute approximate surface area is 183 Å². The summed E-state index contributed by atoms with van der Waals surface area (Å²) in [5.74, 6) is 1.27. The number of halogens is 1. The summed E-state index contributed by atoms with van der Waals surface area (Å²) in [4.78, 5) is 12.4. The molecule has 0 spiro atoms. The number of furan rings is 1. The Morgan fingerprint density at radius 2 is 1.97 bits per heavy atom. The number of nitrogens with zero attached hydrogens (tertiary/aromatic N) is 3. The molecule has 0 fully saturated rings. The number of amides is 1. The van der Waals surface area contributed by atoms with E-state index in [2.05, 4.69) is 15.5 Å². The smallest absolute Gasteiger partial charge is 0.230 e. The quantitative estimate of drug-likeness (QED) is 0.415. The van der Waals surface area contributed by atoms with Crippen molar-refractivity contribution < 1.29 is 9.21 Å². The maximum Gasteiger partial charge on any atom is 0.230 e. The van der Waals surface area contributed by atoms with Crippen LogP contribution in [0.1, 0.15) is 11.1 Å². The molecule has 4 aromatic rings. The monoisotopic (exact) mass is 438 g/mol. The lowest BCUT2D eigenvalue weighted by atomic mass is 10.2. The van der Waals surface area contributed by atoms with E-state index in [1.807, 2.05) is 66.1 Å². The third kappa shape index (κ3) is 4.58. The molecular weight excluding hydrogens is 420 g/mol. The number of hydrogen-bond donors (Lipinski definition) is 1. The predicted octanol–water partition coefficient (Wildman–Crippen LogP) is 4.90. The molecule has 152 valence electrons. The van der Waals surface area contributed by atoms with Gasteiger partial charge in [0.15, 0.2) is 10.9 Å². The third-order valence-corrected chi connectivity index (χ3v) is 5.62. The van der Waals surface area contributed by atoms with Crippen molar-refractivity contribution in [2.75, 3.05) is 5.75 Å². The van der Waals surface area contributed by atoms with Gasteiger partial charge >= 0.3 is 0 Å². The van der Waals surface area contributed by atoms with Gasteiger partial charge in [0.05, 0.1) is 17.7 Å². The van der Waals surface area contributed by atoms with E-state index in [0.717, 1.165) is 16.8 Å². The van der Waals surface area contributed by atoms with E-state index in [4.69, 9.17) is 16.0 Å². The van der Waals surface area contributed by atoms with Crippen molar-refractivity contribution in [1.82, 2.24) is 20.1 Å². The second-order valence-electron chi connectivity index (χ2n) is 6.60. The molecule has 0 atom stereocenters. The van der Waals surface area contributed by atoms with Crippen LogP contribution in [-0.4, -0.2) is 26.4 Å². The molecule has 2 heterocycles. The number of benzene rings is 2. The first-order chi connectivity index (χ1) is 14.6. The molecule has 0 aliphatic heterocycles. The third-order valence-electron chi connectivity index (χ3n) is 4.45. The molecule has 1 N–H and O–H groups in total. The summed E-state index contributed by atoms with van der Waals surface area (Å²) in [6.45, 7) is 2.47. The molecule has 2 aromatic carbocycles. The fourth-order valence-electron chi connectivity index (χ4n) is 2.95. The van der Waals surface area contributed by atoms with E-state index in [9.17, 15) is 4.79 Å². The van der Waals surface area contributed by atoms with Gasteiger partial charge in [-0.1, -0.05) is 59.8 Å². The zero-order valence-corrected chi connectivity index (χ0v) is 17.8. The molecule has 0 unspecified atom stereocenters. The highest BCUT2D eigenvalue weighted by Crippen LogP contribution is 2.31. The number of carbonyl (C=O) groups is 1. The van der Waals surface area contributed by atoms with Crippen molar-refractivity contribution in [1.29, 1.82) is 0 Å². The summed E-state index contributed by atoms with van der Waals surface area (Å²) in [6, 6.07) is 19.0. The van der Waals surface area contributed by atoms with Gasteiger partial charge in [0.25, 0.3) is 0 Å². The molecule has 6 nitrogen and oxygen atoms in total. The van der Waals surface area contributed by atoms with E-state index in [0.29, 0.717) is 28.3 Å². The first kappa shape index (κ1) is 20.3. The molecule has 0 saturated heterocycles. The summed E-state index contributed by atoms with van der Waals surface area (Å²) >= 11 is 7.55. The average Bonchev–Trinajstić information content (AvgIpc) is 3.43. The van der Waals surface area contributed by atoms with Gasteiger partial charge in [-0.15, -0.1) is 10.2 Å². The van der Waals surface area contributed by atoms with Crippen LogP contribution in [-0.2, 0) is 11.3 Å². The molecule has 2 aromatic heterocycles. The Morgan fingerprint density at radius 3 is 2.73 bits per heavy atom. The van der Waals surface area contributed by atoms with Gasteiger partial charge in [-0.2, -0.15) is 0 Å². The number of aryl methyl sites for hydroxylation is 1. The normalized spacial score (nSPS) is 10.9. The molecule has 0 aliphatic carbocycles. The van der Waals surface area contributed by atoms with Gasteiger partial charge in [-0.05, 0) is 42.3 Å². The first-order valence-electron chi connectivity index (χ1n) is 9.31. The number of aromatic nitrogens is 3. The Hall–Kier alpha value is -3.03. The lowest BCUT2D eigenvalue weighted by molar-refractivity contribution is -0.118. The van der Waals surface area contributed by atoms with E-state index in [-0.39, 0.29) is 11.7 Å². The Kier molecular flexibility index (Phi) is 6.21. The number of rotatable bonds is 7. The van der Waals surface area contributed by atoms with Crippen molar-refractivity contribution in [2.24, 2.45) is 0 Å². The van der Waals surface area contributed by atoms with Crippen LogP contribution in [0.15, 0.2) is 76.5 Å². The Bertz CT molecular complexity index is 1140. The molecule has 30 heavy (non-hydrogen) atoms. The van der Waals surface area contributed by atoms with Crippen molar-refractivity contribution >= 4 is 29.3 Å². The maximum absolute atomic E-state index is 12.4. The van der Waals surface area contributed by atoms with Gasteiger partial charge in [-0.25, -0.2) is 0 Å². The van der Waals surface area contributed by atoms with Crippen LogP contribution < -0.4 is 5.32 Å². The highest BCUT2D eigenvalue weighted by molar-refractivity contribution is 7.99. The minimum absolute atomic E-state index is 0.0826. The lowest BCUT2D eigenvalue weighted by Gasteiger charge is -2.12. The molecule has 1 amide bonds. The summed E-state index contributed by atoms with van der Waals surface area (Å²) in [5.41, 5.74) is 2.89. The average molecular weight is 439 g/mol. The molecule has 0 radical (unpaired) electrons. The van der Waals surface area contributed by atoms with Gasteiger partial charge in [-0.3, -0.25) is 9.36 Å². The van der Waals surface area contributed by atoms with Crippen LogP contribution in [0.2, 0.25) is 5.02 Å². The number of hydrogen-bond acceptors (Lipinski definition) is 5. The van der Waals surface area contributed by atoms with Crippen LogP contribution in [0.4, 0.5) is 0 Å². The van der Waals surface area contributed by atoms with Crippen LogP contribution in [0.3, 0.4) is 0 Å². The lowest BCUT2D eigenvalue weighted by Crippen LogP contribution is -2.24. The van der Waals surface area contributed by atoms with Gasteiger partial charge in [0.2, 0.25) is 11.7 Å². The van der Waals surface area contributed by atoms with E-state index in [1.165, 1.54) is 11.8 Å². The standard InChI is InChI=1S/C22H19ClN4O2S/c1-15-9-10-17(23)12-18(15)27-21(19-8-5-11-29-19)25-26-22(27)30-14-20(28)24-13-16-6-3-2-4-7-16/h2-12H,13-14H2,1H3,(H,24,28). The molecule has 4 rings (SSSR count). The van der Waals surface area contributed by atoms with Crippen LogP contribution in [0.25, 0.3) is 17.3 Å². The largest absolute Gasteiger partial charge is 0.461 e. The summed E-state index contributed by atoms with van der Waals surface area (Å²) < 4.78 is 7.40. The van der Waals surface area contributed by atoms with Crippen molar-refractivity contribution in [3.05, 3.63) is 83.1 Å².